The van der Waals surface area contributed by atoms with Crippen LogP contribution in [-0.2, 0) is 4.79 Å². The number of likely N-dealkylation sites (tertiary alicyclic amines) is 1. The molecule has 3 atom stereocenters. The zero-order valence-corrected chi connectivity index (χ0v) is 15.9. The minimum absolute atomic E-state index is 0.0257. The van der Waals surface area contributed by atoms with Crippen LogP contribution in [0.4, 0.5) is 0 Å². The first-order valence-electron chi connectivity index (χ1n) is 10.1. The van der Waals surface area contributed by atoms with Crippen LogP contribution in [0.5, 0.6) is 11.5 Å². The third-order valence-electron chi connectivity index (χ3n) is 6.07. The lowest BCUT2D eigenvalue weighted by atomic mass is 9.98. The van der Waals surface area contributed by atoms with E-state index in [2.05, 4.69) is 23.5 Å². The summed E-state index contributed by atoms with van der Waals surface area (Å²) in [6.45, 7) is 4.59. The molecule has 1 saturated carbocycles. The summed E-state index contributed by atoms with van der Waals surface area (Å²) < 4.78 is 11.6. The maximum atomic E-state index is 12.6. The number of nitrogens with zero attached hydrogens (tertiary/aromatic N) is 1. The Morgan fingerprint density at radius 1 is 1.26 bits per heavy atom. The summed E-state index contributed by atoms with van der Waals surface area (Å²) >= 11 is 0. The number of quaternary nitrogens is 1. The fraction of sp³-hybridized carbons (Fsp3) is 0.619. The van der Waals surface area contributed by atoms with Crippen molar-refractivity contribution in [2.24, 2.45) is 5.92 Å². The van der Waals surface area contributed by atoms with E-state index in [1.165, 1.54) is 10.5 Å². The molecule has 1 unspecified atom stereocenters. The van der Waals surface area contributed by atoms with Gasteiger partial charge in [-0.3, -0.25) is 4.79 Å². The Balaban J connectivity index is 1.44. The minimum Gasteiger partial charge on any atom is -0.490 e. The number of carbonyl (C=O) groups is 1. The smallest absolute Gasteiger partial charge is 0.276 e. The van der Waals surface area contributed by atoms with Crippen molar-refractivity contribution in [1.82, 2.24) is 5.32 Å². The van der Waals surface area contributed by atoms with Crippen LogP contribution < -0.4 is 19.7 Å². The summed E-state index contributed by atoms with van der Waals surface area (Å²) in [5.74, 6) is 1.90. The predicted molar refractivity (Wildman–Crippen MR) is 99.6 cm³/mol. The molecule has 6 heteroatoms. The third kappa shape index (κ3) is 3.89. The van der Waals surface area contributed by atoms with Gasteiger partial charge in [0, 0.05) is 24.8 Å². The van der Waals surface area contributed by atoms with Gasteiger partial charge in [-0.25, -0.2) is 0 Å². The van der Waals surface area contributed by atoms with Gasteiger partial charge in [0.1, 0.15) is 11.6 Å². The molecule has 1 aromatic carbocycles. The normalized spacial score (nSPS) is 26.5. The van der Waals surface area contributed by atoms with Gasteiger partial charge in [0.25, 0.3) is 5.91 Å². The number of nitrogens with one attached hydrogen (secondary N) is 2. The van der Waals surface area contributed by atoms with Crippen LogP contribution in [0.1, 0.15) is 50.6 Å². The molecule has 1 aliphatic carbocycles. The van der Waals surface area contributed by atoms with E-state index in [-0.39, 0.29) is 11.9 Å². The molecule has 3 aliphatic rings. The monoisotopic (exact) mass is 370 g/mol. The van der Waals surface area contributed by atoms with Gasteiger partial charge >= 0.3 is 0 Å². The topological polar surface area (TPSA) is 75.8 Å². The van der Waals surface area contributed by atoms with E-state index < -0.39 is 5.54 Å². The quantitative estimate of drug-likeness (QED) is 0.821. The zero-order chi connectivity index (χ0) is 18.9. The van der Waals surface area contributed by atoms with Crippen LogP contribution >= 0.6 is 0 Å². The summed E-state index contributed by atoms with van der Waals surface area (Å²) in [5, 5.41) is 12.5. The molecule has 0 spiro atoms. The van der Waals surface area contributed by atoms with E-state index in [4.69, 9.17) is 9.47 Å². The SMILES string of the molecule is C[C@](C#N)(NC(=O)C[NH+]1CCC[C@@H]1c1ccc2c(c1)OCCCO2)C1CC1. The van der Waals surface area contributed by atoms with E-state index in [9.17, 15) is 10.1 Å². The maximum absolute atomic E-state index is 12.6. The van der Waals surface area contributed by atoms with Gasteiger partial charge < -0.3 is 19.7 Å². The van der Waals surface area contributed by atoms with Crippen molar-refractivity contribution < 1.29 is 19.2 Å². The number of ether oxygens (including phenoxy) is 2. The van der Waals surface area contributed by atoms with Crippen molar-refractivity contribution in [2.75, 3.05) is 26.3 Å². The highest BCUT2D eigenvalue weighted by Gasteiger charge is 2.44. The second-order valence-corrected chi connectivity index (χ2v) is 8.17. The summed E-state index contributed by atoms with van der Waals surface area (Å²) in [5.41, 5.74) is 0.478. The van der Waals surface area contributed by atoms with Crippen LogP contribution in [-0.4, -0.2) is 37.7 Å². The first-order valence-corrected chi connectivity index (χ1v) is 10.1. The molecule has 2 fully saturated rings. The number of benzene rings is 1. The average Bonchev–Trinajstić information content (AvgIpc) is 3.46. The molecule has 2 aliphatic heterocycles. The number of carbonyl (C=O) groups excluding carboxylic acids is 1. The molecule has 1 amide bonds. The highest BCUT2D eigenvalue weighted by atomic mass is 16.5. The Kier molecular flexibility index (Phi) is 4.96. The van der Waals surface area contributed by atoms with Crippen molar-refractivity contribution in [1.29, 1.82) is 5.26 Å². The molecule has 144 valence electrons. The second kappa shape index (κ2) is 7.40. The fourth-order valence-corrected chi connectivity index (χ4v) is 4.34. The van der Waals surface area contributed by atoms with Gasteiger partial charge in [0.2, 0.25) is 0 Å². The van der Waals surface area contributed by atoms with Gasteiger partial charge in [-0.05, 0) is 43.9 Å². The lowest BCUT2D eigenvalue weighted by molar-refractivity contribution is -0.910. The highest BCUT2D eigenvalue weighted by Crippen LogP contribution is 2.39. The standard InChI is InChI=1S/C21H27N3O3/c1-21(14-22,16-6-7-16)23-20(25)13-24-9-2-4-17(24)15-5-8-18-19(12-15)27-11-3-10-26-18/h5,8,12,16-17H,2-4,6-7,9-11,13H2,1H3,(H,23,25)/p+1/t17-,21-/m1/s1. The third-order valence-corrected chi connectivity index (χ3v) is 6.07. The van der Waals surface area contributed by atoms with E-state index in [1.807, 2.05) is 13.0 Å². The molecule has 0 aromatic heterocycles. The van der Waals surface area contributed by atoms with Crippen LogP contribution in [0.2, 0.25) is 0 Å². The molecular weight excluding hydrogens is 342 g/mol. The maximum Gasteiger partial charge on any atom is 0.276 e. The van der Waals surface area contributed by atoms with Crippen molar-refractivity contribution in [3.8, 4) is 17.6 Å². The van der Waals surface area contributed by atoms with Gasteiger partial charge in [0.15, 0.2) is 18.0 Å². The largest absolute Gasteiger partial charge is 0.490 e. The van der Waals surface area contributed by atoms with Crippen LogP contribution in [0.15, 0.2) is 18.2 Å². The molecule has 1 saturated heterocycles. The van der Waals surface area contributed by atoms with Crippen LogP contribution in [0.3, 0.4) is 0 Å². The first-order chi connectivity index (χ1) is 13.1. The van der Waals surface area contributed by atoms with E-state index in [1.54, 1.807) is 0 Å². The molecular formula is C21H28N3O3+. The number of hydrogen-bond acceptors (Lipinski definition) is 4. The number of rotatable bonds is 5. The van der Waals surface area contributed by atoms with Crippen LogP contribution in [0, 0.1) is 17.2 Å². The molecule has 27 heavy (non-hydrogen) atoms. The van der Waals surface area contributed by atoms with Crippen molar-refractivity contribution in [3.63, 3.8) is 0 Å². The highest BCUT2D eigenvalue weighted by molar-refractivity contribution is 5.78. The van der Waals surface area contributed by atoms with Gasteiger partial charge in [-0.15, -0.1) is 0 Å². The molecule has 2 heterocycles. The average molecular weight is 370 g/mol. The molecule has 1 aromatic rings. The Morgan fingerprint density at radius 3 is 2.78 bits per heavy atom. The van der Waals surface area contributed by atoms with E-state index in [0.717, 1.165) is 50.1 Å². The minimum atomic E-state index is -0.721. The molecule has 0 radical (unpaired) electrons. The van der Waals surface area contributed by atoms with E-state index >= 15 is 0 Å². The molecule has 4 rings (SSSR count). The Morgan fingerprint density at radius 2 is 2.04 bits per heavy atom. The van der Waals surface area contributed by atoms with Gasteiger partial charge in [-0.1, -0.05) is 0 Å². The fourth-order valence-electron chi connectivity index (χ4n) is 4.34. The Labute approximate surface area is 160 Å². The summed E-state index contributed by atoms with van der Waals surface area (Å²) in [6, 6.07) is 8.76. The molecule has 0 bridgehead atoms. The first kappa shape index (κ1) is 18.1. The Bertz CT molecular complexity index is 756. The lowest BCUT2D eigenvalue weighted by Crippen LogP contribution is -3.11. The summed E-state index contributed by atoms with van der Waals surface area (Å²) in [6.07, 6.45) is 5.10. The summed E-state index contributed by atoms with van der Waals surface area (Å²) in [4.78, 5) is 13.9. The zero-order valence-electron chi connectivity index (χ0n) is 15.9. The number of amides is 1. The van der Waals surface area contributed by atoms with Crippen molar-refractivity contribution in [3.05, 3.63) is 23.8 Å². The van der Waals surface area contributed by atoms with Gasteiger partial charge in [0.05, 0.1) is 25.8 Å². The number of hydrogen-bond donors (Lipinski definition) is 2. The number of nitriles is 1. The van der Waals surface area contributed by atoms with Gasteiger partial charge in [-0.2, -0.15) is 5.26 Å². The van der Waals surface area contributed by atoms with E-state index in [0.29, 0.717) is 25.7 Å². The Hall–Kier alpha value is -2.26. The lowest BCUT2D eigenvalue weighted by Gasteiger charge is -2.26. The van der Waals surface area contributed by atoms with Crippen molar-refractivity contribution >= 4 is 5.91 Å². The number of fused-ring (bicyclic) bond motifs is 1. The molecule has 2 N–H and O–H groups in total. The van der Waals surface area contributed by atoms with Crippen molar-refractivity contribution in [2.45, 2.75) is 50.6 Å². The predicted octanol–water partition coefficient (Wildman–Crippen LogP) is 1.38. The summed E-state index contributed by atoms with van der Waals surface area (Å²) in [7, 11) is 0. The second-order valence-electron chi connectivity index (χ2n) is 8.17. The molecule has 6 nitrogen and oxygen atoms in total. The van der Waals surface area contributed by atoms with Crippen LogP contribution in [0.25, 0.3) is 0 Å².